The van der Waals surface area contributed by atoms with Crippen LogP contribution in [0.4, 0.5) is 0 Å². The molecule has 0 saturated carbocycles. The molecule has 88 valence electrons. The van der Waals surface area contributed by atoms with E-state index in [-0.39, 0.29) is 18.6 Å². The van der Waals surface area contributed by atoms with Gasteiger partial charge in [-0.05, 0) is 6.92 Å². The summed E-state index contributed by atoms with van der Waals surface area (Å²) in [5.74, 6) is -0.175. The minimum absolute atomic E-state index is 0.161. The number of rotatable bonds is 4. The molecule has 0 bridgehead atoms. The Morgan fingerprint density at radius 2 is 2.00 bits per heavy atom. The van der Waals surface area contributed by atoms with Gasteiger partial charge in [-0.15, -0.1) is 0 Å². The highest BCUT2D eigenvalue weighted by atomic mass is 16.5. The summed E-state index contributed by atoms with van der Waals surface area (Å²) in [6.45, 7) is 6.32. The van der Waals surface area contributed by atoms with Crippen molar-refractivity contribution in [3.63, 3.8) is 0 Å². The molecule has 5 heteroatoms. The van der Waals surface area contributed by atoms with Crippen molar-refractivity contribution in [2.45, 2.75) is 13.0 Å². The molecule has 1 aliphatic rings. The number of nitrogens with zero attached hydrogens (tertiary/aromatic N) is 2. The molecule has 0 radical (unpaired) electrons. The van der Waals surface area contributed by atoms with Crippen LogP contribution >= 0.6 is 0 Å². The van der Waals surface area contributed by atoms with Gasteiger partial charge in [0.1, 0.15) is 6.04 Å². The van der Waals surface area contributed by atoms with Gasteiger partial charge in [-0.2, -0.15) is 0 Å². The average molecular weight is 216 g/mol. The first kappa shape index (κ1) is 12.4. The van der Waals surface area contributed by atoms with Crippen molar-refractivity contribution < 1.29 is 14.6 Å². The van der Waals surface area contributed by atoms with Crippen LogP contribution in [0.2, 0.25) is 0 Å². The summed E-state index contributed by atoms with van der Waals surface area (Å²) in [5.41, 5.74) is 0. The van der Waals surface area contributed by atoms with Crippen molar-refractivity contribution in [3.8, 4) is 0 Å². The summed E-state index contributed by atoms with van der Waals surface area (Å²) in [7, 11) is 1.42. The topological polar surface area (TPSA) is 53.0 Å². The maximum Gasteiger partial charge on any atom is 0.322 e. The van der Waals surface area contributed by atoms with Gasteiger partial charge in [-0.25, -0.2) is 0 Å². The number of hydrogen-bond acceptors (Lipinski definition) is 5. The molecular formula is C10H20N2O3. The van der Waals surface area contributed by atoms with Crippen LogP contribution in [0.1, 0.15) is 6.92 Å². The van der Waals surface area contributed by atoms with E-state index >= 15 is 0 Å². The first-order chi connectivity index (χ1) is 7.19. The summed E-state index contributed by atoms with van der Waals surface area (Å²) in [4.78, 5) is 15.6. The maximum absolute atomic E-state index is 11.3. The molecule has 0 amide bonds. The van der Waals surface area contributed by atoms with Gasteiger partial charge in [0.25, 0.3) is 0 Å². The minimum atomic E-state index is -0.175. The Bertz CT molecular complexity index is 203. The highest BCUT2D eigenvalue weighted by Crippen LogP contribution is 2.06. The second-order valence-corrected chi connectivity index (χ2v) is 3.80. The fraction of sp³-hybridized carbons (Fsp3) is 0.900. The molecule has 1 saturated heterocycles. The average Bonchev–Trinajstić information content (AvgIpc) is 2.28. The zero-order valence-corrected chi connectivity index (χ0v) is 9.48. The van der Waals surface area contributed by atoms with E-state index in [1.807, 2.05) is 6.92 Å². The number of methoxy groups -OCH3 is 1. The predicted molar refractivity (Wildman–Crippen MR) is 56.6 cm³/mol. The predicted octanol–water partition coefficient (Wildman–Crippen LogP) is -0.842. The van der Waals surface area contributed by atoms with Gasteiger partial charge in [0.2, 0.25) is 0 Å². The van der Waals surface area contributed by atoms with E-state index in [1.54, 1.807) is 0 Å². The van der Waals surface area contributed by atoms with Gasteiger partial charge >= 0.3 is 5.97 Å². The van der Waals surface area contributed by atoms with E-state index in [0.717, 1.165) is 32.7 Å². The molecular weight excluding hydrogens is 196 g/mol. The molecule has 1 atom stereocenters. The summed E-state index contributed by atoms with van der Waals surface area (Å²) in [6, 6.07) is -0.161. The number of aliphatic hydroxyl groups is 1. The fourth-order valence-electron chi connectivity index (χ4n) is 1.84. The molecule has 0 spiro atoms. The molecule has 1 rings (SSSR count). The van der Waals surface area contributed by atoms with Crippen LogP contribution in [-0.2, 0) is 9.53 Å². The third-order valence-electron chi connectivity index (χ3n) is 2.91. The quantitative estimate of drug-likeness (QED) is 0.621. The Kier molecular flexibility index (Phi) is 5.01. The van der Waals surface area contributed by atoms with E-state index in [1.165, 1.54) is 7.11 Å². The number of ether oxygens (including phenoxy) is 1. The number of carbonyl (C=O) groups is 1. The van der Waals surface area contributed by atoms with Gasteiger partial charge in [-0.3, -0.25) is 14.6 Å². The number of esters is 1. The Hall–Kier alpha value is -0.650. The summed E-state index contributed by atoms with van der Waals surface area (Å²) < 4.78 is 4.71. The molecule has 1 unspecified atom stereocenters. The molecule has 1 aliphatic heterocycles. The third kappa shape index (κ3) is 3.44. The smallest absolute Gasteiger partial charge is 0.322 e. The third-order valence-corrected chi connectivity index (χ3v) is 2.91. The van der Waals surface area contributed by atoms with E-state index in [4.69, 9.17) is 9.84 Å². The summed E-state index contributed by atoms with van der Waals surface area (Å²) >= 11 is 0. The van der Waals surface area contributed by atoms with Crippen LogP contribution < -0.4 is 0 Å². The molecule has 0 aliphatic carbocycles. The minimum Gasteiger partial charge on any atom is -0.468 e. The van der Waals surface area contributed by atoms with E-state index in [9.17, 15) is 4.79 Å². The highest BCUT2D eigenvalue weighted by molar-refractivity contribution is 5.75. The van der Waals surface area contributed by atoms with Crippen molar-refractivity contribution in [3.05, 3.63) is 0 Å². The molecule has 0 aromatic rings. The van der Waals surface area contributed by atoms with Gasteiger partial charge in [0, 0.05) is 32.7 Å². The molecule has 0 aromatic heterocycles. The van der Waals surface area contributed by atoms with E-state index < -0.39 is 0 Å². The van der Waals surface area contributed by atoms with Crippen LogP contribution in [-0.4, -0.2) is 73.4 Å². The number of aliphatic hydroxyl groups excluding tert-OH is 1. The molecule has 0 aromatic carbocycles. The van der Waals surface area contributed by atoms with E-state index in [0.29, 0.717) is 0 Å². The molecule has 1 N–H and O–H groups in total. The Balaban J connectivity index is 2.33. The molecule has 5 nitrogen and oxygen atoms in total. The van der Waals surface area contributed by atoms with Crippen LogP contribution in [0.5, 0.6) is 0 Å². The van der Waals surface area contributed by atoms with E-state index in [2.05, 4.69) is 9.80 Å². The van der Waals surface area contributed by atoms with Gasteiger partial charge in [0.15, 0.2) is 0 Å². The molecule has 1 heterocycles. The zero-order chi connectivity index (χ0) is 11.3. The Morgan fingerprint density at radius 3 is 2.47 bits per heavy atom. The van der Waals surface area contributed by atoms with Gasteiger partial charge < -0.3 is 9.84 Å². The van der Waals surface area contributed by atoms with Crippen LogP contribution in [0, 0.1) is 0 Å². The zero-order valence-electron chi connectivity index (χ0n) is 9.48. The van der Waals surface area contributed by atoms with Crippen molar-refractivity contribution in [1.29, 1.82) is 0 Å². The van der Waals surface area contributed by atoms with Crippen molar-refractivity contribution in [1.82, 2.24) is 9.80 Å². The fourth-order valence-corrected chi connectivity index (χ4v) is 1.84. The van der Waals surface area contributed by atoms with Crippen molar-refractivity contribution in [2.24, 2.45) is 0 Å². The Labute approximate surface area is 90.6 Å². The van der Waals surface area contributed by atoms with Crippen molar-refractivity contribution in [2.75, 3.05) is 46.4 Å². The van der Waals surface area contributed by atoms with Gasteiger partial charge in [0.05, 0.1) is 13.7 Å². The number of hydrogen-bond donors (Lipinski definition) is 1. The van der Waals surface area contributed by atoms with Crippen LogP contribution in [0.25, 0.3) is 0 Å². The van der Waals surface area contributed by atoms with Gasteiger partial charge in [-0.1, -0.05) is 0 Å². The first-order valence-electron chi connectivity index (χ1n) is 5.34. The number of β-amino-alcohol motifs (C(OH)–C–C–N with tert-alkyl or cyclic N) is 1. The lowest BCUT2D eigenvalue weighted by Gasteiger charge is -2.36. The standard InChI is InChI=1S/C10H20N2O3/c1-9(10(14)15-2)12-5-3-11(4-6-12)7-8-13/h9,13H,3-8H2,1-2H3. The SMILES string of the molecule is COC(=O)C(C)N1CCN(CCO)CC1. The first-order valence-corrected chi connectivity index (χ1v) is 5.34. The van der Waals surface area contributed by atoms with Crippen LogP contribution in [0.15, 0.2) is 0 Å². The Morgan fingerprint density at radius 1 is 1.40 bits per heavy atom. The van der Waals surface area contributed by atoms with Crippen LogP contribution in [0.3, 0.4) is 0 Å². The maximum atomic E-state index is 11.3. The number of carbonyl (C=O) groups excluding carboxylic acids is 1. The second kappa shape index (κ2) is 6.05. The highest BCUT2D eigenvalue weighted by Gasteiger charge is 2.25. The second-order valence-electron chi connectivity index (χ2n) is 3.80. The molecule has 15 heavy (non-hydrogen) atoms. The summed E-state index contributed by atoms with van der Waals surface area (Å²) in [6.07, 6.45) is 0. The summed E-state index contributed by atoms with van der Waals surface area (Å²) in [5, 5.41) is 8.79. The molecule has 1 fully saturated rings. The number of piperazine rings is 1. The monoisotopic (exact) mass is 216 g/mol. The van der Waals surface area contributed by atoms with Crippen molar-refractivity contribution >= 4 is 5.97 Å². The lowest BCUT2D eigenvalue weighted by Crippen LogP contribution is -2.52. The lowest BCUT2D eigenvalue weighted by atomic mass is 10.2. The lowest BCUT2D eigenvalue weighted by molar-refractivity contribution is -0.147. The normalized spacial score (nSPS) is 21.3. The largest absolute Gasteiger partial charge is 0.468 e.